The monoisotopic (exact) mass is 355 g/mol. The van der Waals surface area contributed by atoms with E-state index < -0.39 is 6.04 Å². The maximum Gasteiger partial charge on any atom is 0.242 e. The molecule has 146 valence electrons. The Labute approximate surface area is 152 Å². The van der Waals surface area contributed by atoms with Crippen molar-refractivity contribution in [2.45, 2.75) is 73.3 Å². The van der Waals surface area contributed by atoms with Crippen LogP contribution in [0.2, 0.25) is 0 Å². The van der Waals surface area contributed by atoms with Gasteiger partial charge in [-0.25, -0.2) is 0 Å². The second kappa shape index (κ2) is 12.7. The van der Waals surface area contributed by atoms with E-state index in [1.807, 2.05) is 27.7 Å². The lowest BCUT2D eigenvalue weighted by Crippen LogP contribution is -2.48. The topological polar surface area (TPSA) is 87.3 Å². The fraction of sp³-hybridized carbons (Fsp3) is 0.842. The molecule has 0 aromatic rings. The lowest BCUT2D eigenvalue weighted by atomic mass is 10.1. The second-order valence-corrected chi connectivity index (χ2v) is 7.63. The number of nitrogens with one attached hydrogen (secondary N) is 3. The molecule has 0 heterocycles. The van der Waals surface area contributed by atoms with E-state index in [-0.39, 0.29) is 29.6 Å². The van der Waals surface area contributed by atoms with Gasteiger partial charge in [-0.05, 0) is 31.6 Å². The highest BCUT2D eigenvalue weighted by atomic mass is 16.2. The molecule has 0 bridgehead atoms. The molecule has 25 heavy (non-hydrogen) atoms. The van der Waals surface area contributed by atoms with Crippen molar-refractivity contribution >= 4 is 17.7 Å². The molecule has 6 nitrogen and oxygen atoms in total. The van der Waals surface area contributed by atoms with Crippen LogP contribution in [-0.4, -0.2) is 36.9 Å². The first-order valence-electron chi connectivity index (χ1n) is 9.50. The van der Waals surface area contributed by atoms with Gasteiger partial charge in [-0.1, -0.05) is 41.5 Å². The highest BCUT2D eigenvalue weighted by Crippen LogP contribution is 2.04. The SMILES string of the molecule is CC(C)CCNC(=O)C(CCCCNC(=O)C(C)C)NC(=O)C(C)C. The molecule has 0 aliphatic heterocycles. The molecule has 1 unspecified atom stereocenters. The maximum absolute atomic E-state index is 12.3. The number of carbonyl (C=O) groups excluding carboxylic acids is 3. The third-order valence-electron chi connectivity index (χ3n) is 3.92. The van der Waals surface area contributed by atoms with Crippen LogP contribution in [-0.2, 0) is 14.4 Å². The number of amides is 3. The first-order valence-corrected chi connectivity index (χ1v) is 9.50. The quantitative estimate of drug-likeness (QED) is 0.469. The second-order valence-electron chi connectivity index (χ2n) is 7.63. The lowest BCUT2D eigenvalue weighted by molar-refractivity contribution is -0.130. The third kappa shape index (κ3) is 11.6. The number of hydrogen-bond acceptors (Lipinski definition) is 3. The van der Waals surface area contributed by atoms with Gasteiger partial charge >= 0.3 is 0 Å². The van der Waals surface area contributed by atoms with Crippen LogP contribution in [0.25, 0.3) is 0 Å². The van der Waals surface area contributed by atoms with E-state index in [0.29, 0.717) is 25.4 Å². The summed E-state index contributed by atoms with van der Waals surface area (Å²) >= 11 is 0. The zero-order chi connectivity index (χ0) is 19.4. The molecule has 6 heteroatoms. The van der Waals surface area contributed by atoms with Crippen molar-refractivity contribution in [2.24, 2.45) is 17.8 Å². The molecule has 0 rings (SSSR count). The van der Waals surface area contributed by atoms with E-state index >= 15 is 0 Å². The number of rotatable bonds is 12. The van der Waals surface area contributed by atoms with Crippen LogP contribution in [0.15, 0.2) is 0 Å². The van der Waals surface area contributed by atoms with Crippen molar-refractivity contribution in [2.75, 3.05) is 13.1 Å². The zero-order valence-corrected chi connectivity index (χ0v) is 16.8. The molecule has 0 aromatic carbocycles. The Bertz CT molecular complexity index is 420. The zero-order valence-electron chi connectivity index (χ0n) is 16.8. The highest BCUT2D eigenvalue weighted by molar-refractivity contribution is 5.88. The molecule has 0 fully saturated rings. The molecule has 0 aliphatic carbocycles. The summed E-state index contributed by atoms with van der Waals surface area (Å²) in [4.78, 5) is 35.8. The Hall–Kier alpha value is -1.59. The normalized spacial score (nSPS) is 12.4. The van der Waals surface area contributed by atoms with Crippen molar-refractivity contribution in [3.05, 3.63) is 0 Å². The fourth-order valence-electron chi connectivity index (χ4n) is 2.10. The van der Waals surface area contributed by atoms with Crippen molar-refractivity contribution in [1.29, 1.82) is 0 Å². The largest absolute Gasteiger partial charge is 0.356 e. The summed E-state index contributed by atoms with van der Waals surface area (Å²) < 4.78 is 0. The lowest BCUT2D eigenvalue weighted by Gasteiger charge is -2.20. The smallest absolute Gasteiger partial charge is 0.242 e. The first-order chi connectivity index (χ1) is 11.6. The summed E-state index contributed by atoms with van der Waals surface area (Å²) in [5.74, 6) is 0.142. The van der Waals surface area contributed by atoms with Crippen LogP contribution in [0.5, 0.6) is 0 Å². The molecule has 0 aliphatic rings. The van der Waals surface area contributed by atoms with Crippen LogP contribution in [0.3, 0.4) is 0 Å². The van der Waals surface area contributed by atoms with Crippen molar-refractivity contribution in [1.82, 2.24) is 16.0 Å². The molecule has 1 atom stereocenters. The summed E-state index contributed by atoms with van der Waals surface area (Å²) in [5.41, 5.74) is 0. The van der Waals surface area contributed by atoms with Crippen LogP contribution < -0.4 is 16.0 Å². The summed E-state index contributed by atoms with van der Waals surface area (Å²) in [6.07, 6.45) is 3.03. The van der Waals surface area contributed by atoms with Gasteiger partial charge in [0.15, 0.2) is 0 Å². The molecule has 3 amide bonds. The van der Waals surface area contributed by atoms with Gasteiger partial charge in [0.1, 0.15) is 6.04 Å². The van der Waals surface area contributed by atoms with E-state index in [2.05, 4.69) is 29.8 Å². The Morgan fingerprint density at radius 1 is 0.680 bits per heavy atom. The minimum Gasteiger partial charge on any atom is -0.356 e. The van der Waals surface area contributed by atoms with Gasteiger partial charge < -0.3 is 16.0 Å². The predicted octanol–water partition coefficient (Wildman–Crippen LogP) is 2.23. The molecule has 0 spiro atoms. The predicted molar refractivity (Wildman–Crippen MR) is 101 cm³/mol. The van der Waals surface area contributed by atoms with Gasteiger partial charge in [-0.2, -0.15) is 0 Å². The van der Waals surface area contributed by atoms with E-state index in [0.717, 1.165) is 19.3 Å². The number of carbonyl (C=O) groups is 3. The van der Waals surface area contributed by atoms with Crippen molar-refractivity contribution in [3.8, 4) is 0 Å². The van der Waals surface area contributed by atoms with Gasteiger partial charge in [-0.3, -0.25) is 14.4 Å². The van der Waals surface area contributed by atoms with Gasteiger partial charge in [0.25, 0.3) is 0 Å². The molecule has 3 N–H and O–H groups in total. The summed E-state index contributed by atoms with van der Waals surface area (Å²) in [7, 11) is 0. The molecular formula is C19H37N3O3. The van der Waals surface area contributed by atoms with E-state index in [1.165, 1.54) is 0 Å². The average molecular weight is 356 g/mol. The number of hydrogen-bond donors (Lipinski definition) is 3. The minimum atomic E-state index is -0.511. The van der Waals surface area contributed by atoms with Crippen LogP contribution in [0, 0.1) is 17.8 Å². The molecule has 0 saturated carbocycles. The van der Waals surface area contributed by atoms with Gasteiger partial charge in [0, 0.05) is 24.9 Å². The Kier molecular flexibility index (Phi) is 11.9. The van der Waals surface area contributed by atoms with E-state index in [4.69, 9.17) is 0 Å². The summed E-state index contributed by atoms with van der Waals surface area (Å²) in [5, 5.41) is 8.61. The van der Waals surface area contributed by atoms with Crippen molar-refractivity contribution < 1.29 is 14.4 Å². The van der Waals surface area contributed by atoms with E-state index in [9.17, 15) is 14.4 Å². The molecule has 0 aromatic heterocycles. The fourth-order valence-corrected chi connectivity index (χ4v) is 2.10. The van der Waals surface area contributed by atoms with Gasteiger partial charge in [0.05, 0.1) is 0 Å². The minimum absolute atomic E-state index is 0.0233. The standard InChI is InChI=1S/C19H37N3O3/c1-13(2)10-12-21-19(25)16(22-18(24)15(5)6)9-7-8-11-20-17(23)14(3)4/h13-16H,7-12H2,1-6H3,(H,20,23)(H,21,25)(H,22,24). The highest BCUT2D eigenvalue weighted by Gasteiger charge is 2.21. The van der Waals surface area contributed by atoms with Crippen molar-refractivity contribution in [3.63, 3.8) is 0 Å². The molecule has 0 radical (unpaired) electrons. The summed E-state index contributed by atoms with van der Waals surface area (Å²) in [6.45, 7) is 12.8. The Morgan fingerprint density at radius 2 is 1.24 bits per heavy atom. The van der Waals surface area contributed by atoms with Crippen LogP contribution in [0.1, 0.15) is 67.2 Å². The van der Waals surface area contributed by atoms with Crippen LogP contribution >= 0.6 is 0 Å². The Balaban J connectivity index is 4.36. The van der Waals surface area contributed by atoms with E-state index in [1.54, 1.807) is 0 Å². The molecule has 0 saturated heterocycles. The maximum atomic E-state index is 12.3. The third-order valence-corrected chi connectivity index (χ3v) is 3.92. The van der Waals surface area contributed by atoms with Gasteiger partial charge in [0.2, 0.25) is 17.7 Å². The van der Waals surface area contributed by atoms with Gasteiger partial charge in [-0.15, -0.1) is 0 Å². The average Bonchev–Trinajstić information content (AvgIpc) is 2.52. The number of unbranched alkanes of at least 4 members (excludes halogenated alkanes) is 1. The molecular weight excluding hydrogens is 318 g/mol. The Morgan fingerprint density at radius 3 is 1.76 bits per heavy atom. The first kappa shape index (κ1) is 23.4. The summed E-state index contributed by atoms with van der Waals surface area (Å²) in [6, 6.07) is -0.511. The van der Waals surface area contributed by atoms with Crippen LogP contribution in [0.4, 0.5) is 0 Å².